The Bertz CT molecular complexity index is 474. The highest BCUT2D eigenvalue weighted by molar-refractivity contribution is 7.88. The van der Waals surface area contributed by atoms with E-state index in [9.17, 15) is 8.42 Å². The number of nitrogens with zero attached hydrogens (tertiary/aromatic N) is 2. The molecule has 2 aliphatic rings. The number of piperazine rings is 1. The molecule has 22 heavy (non-hydrogen) atoms. The monoisotopic (exact) mass is 332 g/mol. The first-order chi connectivity index (χ1) is 10.1. The zero-order valence-corrected chi connectivity index (χ0v) is 15.6. The summed E-state index contributed by atoms with van der Waals surface area (Å²) in [5.41, 5.74) is 0.211. The Kier molecular flexibility index (Phi) is 5.27. The largest absolute Gasteiger partial charge is 0.381 e. The van der Waals surface area contributed by atoms with Gasteiger partial charge >= 0.3 is 0 Å². The van der Waals surface area contributed by atoms with E-state index < -0.39 is 10.0 Å². The third-order valence-corrected chi connectivity index (χ3v) is 7.62. The molecule has 0 saturated carbocycles. The zero-order chi connectivity index (χ0) is 16.6. The molecule has 0 atom stereocenters. The van der Waals surface area contributed by atoms with Gasteiger partial charge in [0.15, 0.2) is 0 Å². The van der Waals surface area contributed by atoms with Crippen molar-refractivity contribution in [2.45, 2.75) is 46.1 Å². The normalized spacial score (nSPS) is 24.6. The second kappa shape index (κ2) is 6.38. The minimum absolute atomic E-state index is 0.0403. The Morgan fingerprint density at radius 1 is 0.955 bits per heavy atom. The fraction of sp³-hybridized carbons (Fsp3) is 1.00. The van der Waals surface area contributed by atoms with Gasteiger partial charge in [-0.25, -0.2) is 8.42 Å². The minimum Gasteiger partial charge on any atom is -0.381 e. The van der Waals surface area contributed by atoms with Crippen LogP contribution < -0.4 is 0 Å². The van der Waals surface area contributed by atoms with Gasteiger partial charge in [-0.05, 0) is 38.0 Å². The van der Waals surface area contributed by atoms with Crippen LogP contribution in [-0.2, 0) is 14.8 Å². The van der Waals surface area contributed by atoms with Crippen molar-refractivity contribution in [3.63, 3.8) is 0 Å². The van der Waals surface area contributed by atoms with Gasteiger partial charge in [-0.1, -0.05) is 13.8 Å². The van der Waals surface area contributed by atoms with E-state index in [1.54, 1.807) is 4.31 Å². The lowest BCUT2D eigenvalue weighted by Crippen LogP contribution is -2.62. The molecule has 6 heteroatoms. The third-order valence-electron chi connectivity index (χ3n) is 6.32. The summed E-state index contributed by atoms with van der Waals surface area (Å²) in [5, 5.41) is 0. The van der Waals surface area contributed by atoms with Gasteiger partial charge in [-0.15, -0.1) is 0 Å². The van der Waals surface area contributed by atoms with Gasteiger partial charge in [0.05, 0.1) is 6.26 Å². The predicted octanol–water partition coefficient (Wildman–Crippen LogP) is 1.80. The van der Waals surface area contributed by atoms with Gasteiger partial charge in [0.2, 0.25) is 10.0 Å². The zero-order valence-electron chi connectivity index (χ0n) is 14.8. The predicted molar refractivity (Wildman–Crippen MR) is 89.4 cm³/mol. The molecule has 0 aromatic heterocycles. The molecule has 0 N–H and O–H groups in total. The van der Waals surface area contributed by atoms with Gasteiger partial charge < -0.3 is 4.74 Å². The van der Waals surface area contributed by atoms with Gasteiger partial charge in [-0.2, -0.15) is 4.31 Å². The number of hydrogen-bond donors (Lipinski definition) is 0. The van der Waals surface area contributed by atoms with Gasteiger partial charge in [0.25, 0.3) is 0 Å². The first-order valence-electron chi connectivity index (χ1n) is 8.35. The van der Waals surface area contributed by atoms with E-state index >= 15 is 0 Å². The molecular weight excluding hydrogens is 300 g/mol. The highest BCUT2D eigenvalue weighted by Crippen LogP contribution is 2.46. The summed E-state index contributed by atoms with van der Waals surface area (Å²) in [4.78, 5) is 2.48. The summed E-state index contributed by atoms with van der Waals surface area (Å²) in [6, 6.07) is 0. The van der Waals surface area contributed by atoms with Crippen LogP contribution in [0.5, 0.6) is 0 Å². The molecule has 0 aromatic carbocycles. The lowest BCUT2D eigenvalue weighted by Gasteiger charge is -2.55. The maximum absolute atomic E-state index is 11.7. The van der Waals surface area contributed by atoms with Crippen molar-refractivity contribution in [1.29, 1.82) is 0 Å². The summed E-state index contributed by atoms with van der Waals surface area (Å²) in [5.74, 6) is 0.657. The number of sulfonamides is 1. The van der Waals surface area contributed by atoms with Gasteiger partial charge in [-0.3, -0.25) is 4.90 Å². The van der Waals surface area contributed by atoms with Crippen molar-refractivity contribution < 1.29 is 13.2 Å². The standard InChI is InChI=1S/C16H32N2O3S/c1-15(2,14-6-12-21-13-7-14)16(3,4)17-8-10-18(11-9-17)22(5,19)20/h14H,6-13H2,1-5H3. The molecule has 2 rings (SSSR count). The Morgan fingerprint density at radius 3 is 1.91 bits per heavy atom. The molecule has 2 heterocycles. The van der Waals surface area contributed by atoms with E-state index in [0.717, 1.165) is 39.1 Å². The summed E-state index contributed by atoms with van der Waals surface area (Å²) in [6.45, 7) is 13.9. The van der Waals surface area contributed by atoms with Crippen molar-refractivity contribution in [3.8, 4) is 0 Å². The Labute approximate surface area is 136 Å². The first kappa shape index (κ1) is 18.2. The summed E-state index contributed by atoms with van der Waals surface area (Å²) >= 11 is 0. The molecule has 0 bridgehead atoms. The van der Waals surface area contributed by atoms with Crippen LogP contribution in [0.1, 0.15) is 40.5 Å². The molecule has 0 spiro atoms. The average molecular weight is 333 g/mol. The maximum atomic E-state index is 11.7. The van der Waals surface area contributed by atoms with Crippen molar-refractivity contribution in [1.82, 2.24) is 9.21 Å². The molecule has 2 fully saturated rings. The lowest BCUT2D eigenvalue weighted by atomic mass is 9.63. The van der Waals surface area contributed by atoms with Crippen LogP contribution in [0, 0.1) is 11.3 Å². The summed E-state index contributed by atoms with van der Waals surface area (Å²) < 4.78 is 30.5. The summed E-state index contributed by atoms with van der Waals surface area (Å²) in [6.07, 6.45) is 3.55. The van der Waals surface area contributed by atoms with Crippen LogP contribution in [0.15, 0.2) is 0 Å². The van der Waals surface area contributed by atoms with Crippen LogP contribution >= 0.6 is 0 Å². The Hall–Kier alpha value is -0.170. The van der Waals surface area contributed by atoms with Gasteiger partial charge in [0, 0.05) is 44.9 Å². The molecular formula is C16H32N2O3S. The van der Waals surface area contributed by atoms with E-state index in [1.807, 2.05) is 0 Å². The van der Waals surface area contributed by atoms with E-state index in [4.69, 9.17) is 4.74 Å². The smallest absolute Gasteiger partial charge is 0.211 e. The number of rotatable bonds is 4. The van der Waals surface area contributed by atoms with E-state index in [0.29, 0.717) is 19.0 Å². The third kappa shape index (κ3) is 3.50. The second-order valence-electron chi connectivity index (χ2n) is 7.82. The highest BCUT2D eigenvalue weighted by atomic mass is 32.2. The minimum atomic E-state index is -3.06. The average Bonchev–Trinajstić information content (AvgIpc) is 2.47. The SMILES string of the molecule is CC(C)(C1CCOCC1)C(C)(C)N1CCN(S(C)(=O)=O)CC1. The Balaban J connectivity index is 2.06. The fourth-order valence-corrected chi connectivity index (χ4v) is 4.73. The van der Waals surface area contributed by atoms with E-state index in [-0.39, 0.29) is 11.0 Å². The molecule has 0 aromatic rings. The quantitative estimate of drug-likeness (QED) is 0.788. The highest BCUT2D eigenvalue weighted by Gasteiger charge is 2.47. The summed E-state index contributed by atoms with van der Waals surface area (Å²) in [7, 11) is -3.06. The van der Waals surface area contributed by atoms with Gasteiger partial charge in [0.1, 0.15) is 0 Å². The van der Waals surface area contributed by atoms with E-state index in [2.05, 4.69) is 32.6 Å². The van der Waals surface area contributed by atoms with Crippen molar-refractivity contribution in [2.24, 2.45) is 11.3 Å². The molecule has 5 nitrogen and oxygen atoms in total. The van der Waals surface area contributed by atoms with Crippen LogP contribution in [-0.4, -0.2) is 68.8 Å². The molecule has 0 amide bonds. The van der Waals surface area contributed by atoms with Crippen LogP contribution in [0.25, 0.3) is 0 Å². The van der Waals surface area contributed by atoms with Crippen LogP contribution in [0.3, 0.4) is 0 Å². The van der Waals surface area contributed by atoms with E-state index in [1.165, 1.54) is 6.26 Å². The first-order valence-corrected chi connectivity index (χ1v) is 10.2. The maximum Gasteiger partial charge on any atom is 0.211 e. The lowest BCUT2D eigenvalue weighted by molar-refractivity contribution is -0.0708. The fourth-order valence-electron chi connectivity index (χ4n) is 3.91. The molecule has 2 aliphatic heterocycles. The topological polar surface area (TPSA) is 49.9 Å². The van der Waals surface area contributed by atoms with Crippen molar-refractivity contribution >= 4 is 10.0 Å². The molecule has 2 saturated heterocycles. The molecule has 0 aliphatic carbocycles. The van der Waals surface area contributed by atoms with Crippen LogP contribution in [0.2, 0.25) is 0 Å². The molecule has 130 valence electrons. The van der Waals surface area contributed by atoms with Crippen molar-refractivity contribution in [2.75, 3.05) is 45.6 Å². The number of hydrogen-bond acceptors (Lipinski definition) is 4. The second-order valence-corrected chi connectivity index (χ2v) is 9.80. The molecule has 0 radical (unpaired) electrons. The Morgan fingerprint density at radius 2 is 1.45 bits per heavy atom. The van der Waals surface area contributed by atoms with Crippen molar-refractivity contribution in [3.05, 3.63) is 0 Å². The molecule has 0 unspecified atom stereocenters. The number of ether oxygens (including phenoxy) is 1. The van der Waals surface area contributed by atoms with Crippen LogP contribution in [0.4, 0.5) is 0 Å².